The van der Waals surface area contributed by atoms with Crippen LogP contribution >= 0.6 is 11.6 Å². The van der Waals surface area contributed by atoms with Gasteiger partial charge in [0.15, 0.2) is 5.65 Å². The van der Waals surface area contributed by atoms with Crippen molar-refractivity contribution in [3.8, 4) is 0 Å². The van der Waals surface area contributed by atoms with Crippen LogP contribution in [0.15, 0.2) is 36.0 Å². The number of carbonyl (C=O) groups excluding carboxylic acids is 2. The van der Waals surface area contributed by atoms with Crippen LogP contribution in [-0.4, -0.2) is 60.5 Å². The number of fused-ring (bicyclic) bond motifs is 1. The van der Waals surface area contributed by atoms with Gasteiger partial charge < -0.3 is 21.5 Å². The minimum absolute atomic E-state index is 0.136. The molecule has 0 radical (unpaired) electrons. The van der Waals surface area contributed by atoms with E-state index in [1.807, 2.05) is 0 Å². The van der Waals surface area contributed by atoms with E-state index in [4.69, 9.17) is 17.3 Å². The molecule has 3 heterocycles. The Balaban J connectivity index is 1.51. The number of nitrogens with zero attached hydrogens (tertiary/aromatic N) is 4. The number of carboxylic acids is 1. The molecule has 13 heteroatoms. The van der Waals surface area contributed by atoms with Gasteiger partial charge in [0.2, 0.25) is 5.91 Å². The summed E-state index contributed by atoms with van der Waals surface area (Å²) in [6, 6.07) is 6.08. The van der Waals surface area contributed by atoms with Crippen LogP contribution in [0.4, 0.5) is 21.7 Å². The molecule has 1 aliphatic heterocycles. The lowest BCUT2D eigenvalue weighted by molar-refractivity contribution is -0.146. The second-order valence-corrected chi connectivity index (χ2v) is 9.82. The van der Waals surface area contributed by atoms with Gasteiger partial charge in [-0.05, 0) is 44.0 Å². The molecule has 1 saturated carbocycles. The Morgan fingerprint density at radius 1 is 1.35 bits per heavy atom. The Bertz CT molecular complexity index is 1480. The van der Waals surface area contributed by atoms with Gasteiger partial charge in [-0.2, -0.15) is 9.61 Å². The third kappa shape index (κ3) is 4.98. The molecule has 5 rings (SSSR count). The molecular weight excluding hydrogens is 505 g/mol. The Labute approximate surface area is 215 Å². The second-order valence-electron chi connectivity index (χ2n) is 9.38. The van der Waals surface area contributed by atoms with Gasteiger partial charge in [0.1, 0.15) is 23.0 Å². The van der Waals surface area contributed by atoms with Crippen molar-refractivity contribution in [3.05, 3.63) is 52.4 Å². The fourth-order valence-electron chi connectivity index (χ4n) is 3.89. The number of halogens is 2. The molecule has 2 aliphatic rings. The van der Waals surface area contributed by atoms with Crippen LogP contribution < -0.4 is 16.4 Å². The van der Waals surface area contributed by atoms with E-state index in [1.54, 1.807) is 10.6 Å². The van der Waals surface area contributed by atoms with Crippen molar-refractivity contribution in [1.82, 2.24) is 19.5 Å². The topological polar surface area (TPSA) is 155 Å². The van der Waals surface area contributed by atoms with Crippen LogP contribution in [0.5, 0.6) is 0 Å². The molecule has 0 bridgehead atoms. The Kier molecular flexibility index (Phi) is 6.08. The predicted octanol–water partition coefficient (Wildman–Crippen LogP) is 2.78. The molecule has 2 fully saturated rings. The van der Waals surface area contributed by atoms with Gasteiger partial charge in [0, 0.05) is 28.3 Å². The van der Waals surface area contributed by atoms with Crippen LogP contribution in [0.3, 0.4) is 0 Å². The normalized spacial score (nSPS) is 18.5. The summed E-state index contributed by atoms with van der Waals surface area (Å²) in [6.07, 6.45) is 4.77. The van der Waals surface area contributed by atoms with E-state index in [9.17, 15) is 23.9 Å². The zero-order chi connectivity index (χ0) is 26.5. The number of imide groups is 1. The van der Waals surface area contributed by atoms with Crippen molar-refractivity contribution < 1.29 is 23.9 Å². The number of carbonyl (C=O) groups is 3. The van der Waals surface area contributed by atoms with Crippen molar-refractivity contribution in [2.24, 2.45) is 5.73 Å². The first-order chi connectivity index (χ1) is 17.5. The average molecular weight is 528 g/mol. The van der Waals surface area contributed by atoms with Crippen LogP contribution in [0.1, 0.15) is 31.7 Å². The van der Waals surface area contributed by atoms with Crippen LogP contribution in [0.25, 0.3) is 11.7 Å². The summed E-state index contributed by atoms with van der Waals surface area (Å²) >= 11 is 6.02. The van der Waals surface area contributed by atoms with Crippen LogP contribution in [-0.2, 0) is 14.4 Å². The molecule has 11 nitrogen and oxygen atoms in total. The summed E-state index contributed by atoms with van der Waals surface area (Å²) in [5.74, 6) is -2.10. The molecule has 2 aromatic heterocycles. The number of likely N-dealkylation sites (tertiary alicyclic amines) is 1. The molecule has 1 aromatic carbocycles. The van der Waals surface area contributed by atoms with Gasteiger partial charge in [-0.25, -0.2) is 9.37 Å². The first-order valence-corrected chi connectivity index (χ1v) is 11.8. The number of carboxylic acid groups (broad SMARTS) is 1. The number of nitrogens with one attached hydrogen (secondary N) is 2. The first kappa shape index (κ1) is 24.7. The summed E-state index contributed by atoms with van der Waals surface area (Å²) in [4.78, 5) is 42.2. The maximum absolute atomic E-state index is 14.4. The highest BCUT2D eigenvalue weighted by Gasteiger charge is 2.40. The Hall–Kier alpha value is -4.03. The predicted molar refractivity (Wildman–Crippen MR) is 134 cm³/mol. The molecule has 2 amide bonds. The Morgan fingerprint density at radius 3 is 2.81 bits per heavy atom. The highest BCUT2D eigenvalue weighted by molar-refractivity contribution is 6.30. The van der Waals surface area contributed by atoms with Gasteiger partial charge in [-0.3, -0.25) is 19.3 Å². The molecular formula is C24H23ClFN7O4. The number of amides is 2. The molecule has 1 aliphatic carbocycles. The number of hydrogen-bond acceptors (Lipinski definition) is 8. The summed E-state index contributed by atoms with van der Waals surface area (Å²) in [5, 5.41) is 20.3. The third-order valence-corrected chi connectivity index (χ3v) is 6.32. The first-order valence-electron chi connectivity index (χ1n) is 11.5. The highest BCUT2D eigenvalue weighted by atomic mass is 35.5. The third-order valence-electron chi connectivity index (χ3n) is 6.09. The minimum Gasteiger partial charge on any atom is -0.480 e. The molecule has 1 unspecified atom stereocenters. The number of rotatable bonds is 8. The second kappa shape index (κ2) is 9.12. The number of hydrogen-bond donors (Lipinski definition) is 4. The van der Waals surface area contributed by atoms with Gasteiger partial charge in [0.05, 0.1) is 24.8 Å². The number of aliphatic carboxylic acids is 1. The van der Waals surface area contributed by atoms with Crippen LogP contribution in [0.2, 0.25) is 5.02 Å². The van der Waals surface area contributed by atoms with E-state index in [0.29, 0.717) is 27.9 Å². The van der Waals surface area contributed by atoms with E-state index >= 15 is 0 Å². The van der Waals surface area contributed by atoms with Crippen molar-refractivity contribution in [1.29, 1.82) is 0 Å². The minimum atomic E-state index is -1.79. The lowest BCUT2D eigenvalue weighted by atomic mass is 10.0. The van der Waals surface area contributed by atoms with E-state index in [-0.39, 0.29) is 23.7 Å². The van der Waals surface area contributed by atoms with E-state index in [2.05, 4.69) is 20.7 Å². The standard InChI is InChI=1S/C24H23ClFN7O4/c1-24(27,23(36)37)11-32-20(34)7-12(22(32)35)6-13-10-28-33-19(29-15-3-4-15)9-18(31-21(13)33)30-17-8-14(25)2-5-16(17)26/h2,5-6,8-10,15,29H,3-4,7,11,27H2,1H3,(H,30,31)(H,36,37)/b12-6+. The number of nitrogens with two attached hydrogens (primary N) is 1. The fourth-order valence-corrected chi connectivity index (χ4v) is 4.07. The Morgan fingerprint density at radius 2 is 2.11 bits per heavy atom. The smallest absolute Gasteiger partial charge is 0.325 e. The summed E-state index contributed by atoms with van der Waals surface area (Å²) < 4.78 is 15.9. The van der Waals surface area contributed by atoms with E-state index < -0.39 is 35.7 Å². The largest absolute Gasteiger partial charge is 0.480 e. The number of benzene rings is 1. The lowest BCUT2D eigenvalue weighted by Gasteiger charge is -2.24. The highest BCUT2D eigenvalue weighted by Crippen LogP contribution is 2.30. The SMILES string of the molecule is CC(N)(CN1C(=O)C/C(=C\c2cnn3c(NC4CC4)cc(Nc4cc(Cl)ccc4F)nc23)C1=O)C(=O)O. The van der Waals surface area contributed by atoms with Gasteiger partial charge in [0.25, 0.3) is 5.91 Å². The molecule has 37 heavy (non-hydrogen) atoms. The molecule has 5 N–H and O–H groups in total. The van der Waals surface area contributed by atoms with Gasteiger partial charge >= 0.3 is 5.97 Å². The number of anilines is 3. The zero-order valence-corrected chi connectivity index (χ0v) is 20.4. The summed E-state index contributed by atoms with van der Waals surface area (Å²) in [6.45, 7) is 0.775. The van der Waals surface area contributed by atoms with Crippen LogP contribution in [0, 0.1) is 5.82 Å². The molecule has 0 spiro atoms. The maximum atomic E-state index is 14.4. The van der Waals surface area contributed by atoms with Gasteiger partial charge in [-0.15, -0.1) is 0 Å². The van der Waals surface area contributed by atoms with Crippen molar-refractivity contribution in [3.63, 3.8) is 0 Å². The molecule has 192 valence electrons. The molecule has 1 saturated heterocycles. The van der Waals surface area contributed by atoms with E-state index in [0.717, 1.165) is 17.7 Å². The molecule has 3 aromatic rings. The lowest BCUT2D eigenvalue weighted by Crippen LogP contribution is -2.54. The molecule has 1 atom stereocenters. The van der Waals surface area contributed by atoms with Crippen molar-refractivity contribution in [2.75, 3.05) is 17.2 Å². The average Bonchev–Trinajstić information content (AvgIpc) is 3.50. The summed E-state index contributed by atoms with van der Waals surface area (Å²) in [7, 11) is 0. The quantitative estimate of drug-likeness (QED) is 0.255. The fraction of sp³-hybridized carbons (Fsp3) is 0.292. The summed E-state index contributed by atoms with van der Waals surface area (Å²) in [5.41, 5.74) is 5.05. The van der Waals surface area contributed by atoms with Gasteiger partial charge in [-0.1, -0.05) is 11.6 Å². The zero-order valence-electron chi connectivity index (χ0n) is 19.7. The van der Waals surface area contributed by atoms with E-state index in [1.165, 1.54) is 37.4 Å². The number of aromatic nitrogens is 3. The maximum Gasteiger partial charge on any atom is 0.325 e. The van der Waals surface area contributed by atoms with Crippen molar-refractivity contribution >= 4 is 58.4 Å². The monoisotopic (exact) mass is 527 g/mol. The van der Waals surface area contributed by atoms with Crippen molar-refractivity contribution in [2.45, 2.75) is 37.8 Å².